The number of nitrogens with zero attached hydrogens (tertiary/aromatic N) is 3. The van der Waals surface area contributed by atoms with Gasteiger partial charge in [0.2, 0.25) is 5.91 Å². The van der Waals surface area contributed by atoms with Crippen molar-refractivity contribution in [3.63, 3.8) is 0 Å². The molecule has 0 saturated carbocycles. The molecule has 1 atom stereocenters. The summed E-state index contributed by atoms with van der Waals surface area (Å²) in [6, 6.07) is 15.1. The first-order valence-electron chi connectivity index (χ1n) is 9.58. The Morgan fingerprint density at radius 1 is 1.23 bits per heavy atom. The van der Waals surface area contributed by atoms with E-state index in [2.05, 4.69) is 32.5 Å². The van der Waals surface area contributed by atoms with Crippen LogP contribution in [0.4, 0.5) is 0 Å². The van der Waals surface area contributed by atoms with Crippen LogP contribution in [0.2, 0.25) is 0 Å². The van der Waals surface area contributed by atoms with Gasteiger partial charge in [-0.2, -0.15) is 4.98 Å². The fourth-order valence-corrected chi connectivity index (χ4v) is 3.81. The van der Waals surface area contributed by atoms with E-state index in [4.69, 9.17) is 4.42 Å². The minimum Gasteiger partial charge on any atom is -0.461 e. The van der Waals surface area contributed by atoms with E-state index < -0.39 is 0 Å². The molecule has 0 radical (unpaired) electrons. The van der Waals surface area contributed by atoms with E-state index in [-0.39, 0.29) is 23.3 Å². The fourth-order valence-electron chi connectivity index (χ4n) is 3.04. The smallest absolute Gasteiger partial charge is 0.266 e. The van der Waals surface area contributed by atoms with E-state index in [0.29, 0.717) is 22.4 Å². The number of aromatic amines is 1. The molecule has 9 heteroatoms. The van der Waals surface area contributed by atoms with Crippen molar-refractivity contribution in [2.75, 3.05) is 5.75 Å². The molecule has 0 aliphatic heterocycles. The predicted octanol–water partition coefficient (Wildman–Crippen LogP) is 2.91. The first-order chi connectivity index (χ1) is 14.6. The summed E-state index contributed by atoms with van der Waals surface area (Å²) < 4.78 is 6.84. The molecule has 0 aliphatic carbocycles. The highest BCUT2D eigenvalue weighted by Gasteiger charge is 2.15. The van der Waals surface area contributed by atoms with Crippen molar-refractivity contribution in [1.82, 2.24) is 24.9 Å². The van der Waals surface area contributed by atoms with Crippen LogP contribution in [0.5, 0.6) is 0 Å². The van der Waals surface area contributed by atoms with Gasteiger partial charge in [0.15, 0.2) is 22.4 Å². The second kappa shape index (κ2) is 9.00. The van der Waals surface area contributed by atoms with E-state index in [0.717, 1.165) is 12.8 Å². The Bertz CT molecular complexity index is 1180. The van der Waals surface area contributed by atoms with Crippen LogP contribution >= 0.6 is 11.8 Å². The summed E-state index contributed by atoms with van der Waals surface area (Å²) in [5, 5.41) is 6.13. The first-order valence-corrected chi connectivity index (χ1v) is 10.6. The Morgan fingerprint density at radius 2 is 2.07 bits per heavy atom. The number of aromatic nitrogens is 4. The van der Waals surface area contributed by atoms with Gasteiger partial charge >= 0.3 is 0 Å². The fraction of sp³-hybridized carbons (Fsp3) is 0.238. The summed E-state index contributed by atoms with van der Waals surface area (Å²) >= 11 is 1.23. The molecule has 3 heterocycles. The van der Waals surface area contributed by atoms with Crippen LogP contribution < -0.4 is 10.9 Å². The lowest BCUT2D eigenvalue weighted by Crippen LogP contribution is -2.34. The van der Waals surface area contributed by atoms with Crippen LogP contribution in [0, 0.1) is 0 Å². The van der Waals surface area contributed by atoms with Gasteiger partial charge in [-0.25, -0.2) is 9.50 Å². The lowest BCUT2D eigenvalue weighted by molar-refractivity contribution is -0.119. The van der Waals surface area contributed by atoms with Crippen LogP contribution in [0.15, 0.2) is 69.2 Å². The van der Waals surface area contributed by atoms with Crippen LogP contribution in [0.3, 0.4) is 0 Å². The van der Waals surface area contributed by atoms with Gasteiger partial charge in [-0.1, -0.05) is 42.1 Å². The summed E-state index contributed by atoms with van der Waals surface area (Å²) in [5.74, 6) is 0.922. The molecule has 2 N–H and O–H groups in total. The predicted molar refractivity (Wildman–Crippen MR) is 114 cm³/mol. The maximum atomic E-state index is 12.4. The third kappa shape index (κ3) is 4.80. The van der Waals surface area contributed by atoms with Gasteiger partial charge in [0.1, 0.15) is 0 Å². The Kier molecular flexibility index (Phi) is 5.99. The molecule has 8 nitrogen and oxygen atoms in total. The number of nitrogens with one attached hydrogen (secondary N) is 2. The number of hydrogen-bond donors (Lipinski definition) is 2. The van der Waals surface area contributed by atoms with Gasteiger partial charge in [-0.15, -0.1) is 0 Å². The maximum absolute atomic E-state index is 12.4. The molecular weight excluding hydrogens is 402 g/mol. The molecule has 4 aromatic rings. The number of fused-ring (bicyclic) bond motifs is 1. The van der Waals surface area contributed by atoms with Crippen LogP contribution in [0.25, 0.3) is 17.2 Å². The van der Waals surface area contributed by atoms with Gasteiger partial charge < -0.3 is 9.73 Å². The molecule has 0 fully saturated rings. The second-order valence-corrected chi connectivity index (χ2v) is 7.85. The summed E-state index contributed by atoms with van der Waals surface area (Å²) in [4.78, 5) is 33.0. The zero-order valence-electron chi connectivity index (χ0n) is 16.4. The molecule has 1 aromatic carbocycles. The highest BCUT2D eigenvalue weighted by Crippen LogP contribution is 2.21. The summed E-state index contributed by atoms with van der Waals surface area (Å²) in [5.41, 5.74) is 1.38. The van der Waals surface area contributed by atoms with Crippen molar-refractivity contribution in [1.29, 1.82) is 0 Å². The number of furan rings is 1. The zero-order chi connectivity index (χ0) is 20.9. The van der Waals surface area contributed by atoms with E-state index in [1.54, 1.807) is 12.1 Å². The summed E-state index contributed by atoms with van der Waals surface area (Å²) in [7, 11) is 0. The summed E-state index contributed by atoms with van der Waals surface area (Å²) in [6.07, 6.45) is 3.29. The third-order valence-electron chi connectivity index (χ3n) is 4.51. The molecule has 0 aliphatic rings. The molecule has 0 spiro atoms. The molecule has 0 bridgehead atoms. The van der Waals surface area contributed by atoms with Gasteiger partial charge in [-0.05, 0) is 37.5 Å². The molecule has 0 unspecified atom stereocenters. The highest BCUT2D eigenvalue weighted by atomic mass is 32.2. The zero-order valence-corrected chi connectivity index (χ0v) is 17.2. The quantitative estimate of drug-likeness (QED) is 0.422. The largest absolute Gasteiger partial charge is 0.461 e. The molecule has 30 heavy (non-hydrogen) atoms. The normalized spacial score (nSPS) is 12.2. The molecular formula is C21H21N5O3S. The lowest BCUT2D eigenvalue weighted by atomic mass is 10.1. The van der Waals surface area contributed by atoms with Crippen LogP contribution in [0.1, 0.15) is 18.9 Å². The number of carbonyl (C=O) groups excluding carboxylic acids is 1. The SMILES string of the molecule is C[C@@H](CCc1ccccc1)NC(=O)CSc1nc(-c2ccco2)nc2cc(=O)[nH]n12. The minimum atomic E-state index is -0.290. The number of benzene rings is 1. The van der Waals surface area contributed by atoms with Gasteiger partial charge in [0.05, 0.1) is 12.0 Å². The average molecular weight is 423 g/mol. The number of carbonyl (C=O) groups is 1. The first kappa shape index (κ1) is 20.0. The van der Waals surface area contributed by atoms with Crippen molar-refractivity contribution < 1.29 is 9.21 Å². The topological polar surface area (TPSA) is 105 Å². The molecule has 0 saturated heterocycles. The average Bonchev–Trinajstić information content (AvgIpc) is 3.40. The number of rotatable bonds is 8. The van der Waals surface area contributed by atoms with Crippen LogP contribution in [-0.2, 0) is 11.2 Å². The second-order valence-electron chi connectivity index (χ2n) is 6.90. The standard InChI is InChI=1S/C21H21N5O3S/c1-14(9-10-15-6-3-2-4-7-15)22-19(28)13-30-21-24-20(16-8-5-11-29-16)23-17-12-18(27)25-26(17)21/h2-8,11-12,14H,9-10,13H2,1H3,(H,22,28)(H,25,27)/t14-/m0/s1. The monoisotopic (exact) mass is 423 g/mol. The number of hydrogen-bond acceptors (Lipinski definition) is 6. The Morgan fingerprint density at radius 3 is 2.83 bits per heavy atom. The van der Waals surface area contributed by atoms with Gasteiger partial charge in [-0.3, -0.25) is 14.7 Å². The van der Waals surface area contributed by atoms with Gasteiger partial charge in [0.25, 0.3) is 5.56 Å². The molecule has 4 rings (SSSR count). The van der Waals surface area contributed by atoms with E-state index in [1.807, 2.05) is 25.1 Å². The van der Waals surface area contributed by atoms with Crippen LogP contribution in [-0.4, -0.2) is 37.3 Å². The van der Waals surface area contributed by atoms with E-state index >= 15 is 0 Å². The number of amides is 1. The summed E-state index contributed by atoms with van der Waals surface area (Å²) in [6.45, 7) is 1.99. The highest BCUT2D eigenvalue weighted by molar-refractivity contribution is 7.99. The van der Waals surface area contributed by atoms with Crippen molar-refractivity contribution >= 4 is 23.3 Å². The Hall–Kier alpha value is -3.33. The molecule has 1 amide bonds. The Labute approximate surface area is 176 Å². The number of aryl methyl sites for hydroxylation is 1. The van der Waals surface area contributed by atoms with Crippen molar-refractivity contribution in [3.05, 3.63) is 70.7 Å². The van der Waals surface area contributed by atoms with E-state index in [9.17, 15) is 9.59 Å². The molecule has 154 valence electrons. The molecule has 3 aromatic heterocycles. The third-order valence-corrected chi connectivity index (χ3v) is 5.45. The number of thioether (sulfide) groups is 1. The number of H-pyrrole nitrogens is 1. The Balaban J connectivity index is 1.40. The lowest BCUT2D eigenvalue weighted by Gasteiger charge is -2.14. The van der Waals surface area contributed by atoms with E-state index in [1.165, 1.54) is 34.2 Å². The van der Waals surface area contributed by atoms with Crippen molar-refractivity contribution in [2.24, 2.45) is 0 Å². The maximum Gasteiger partial charge on any atom is 0.266 e. The van der Waals surface area contributed by atoms with Crippen molar-refractivity contribution in [2.45, 2.75) is 31.0 Å². The minimum absolute atomic E-state index is 0.0498. The van der Waals surface area contributed by atoms with Crippen molar-refractivity contribution in [3.8, 4) is 11.6 Å². The van der Waals surface area contributed by atoms with Gasteiger partial charge in [0, 0.05) is 12.1 Å².